The molecule has 0 aromatic heterocycles. The van der Waals surface area contributed by atoms with E-state index in [0.717, 1.165) is 11.3 Å². The zero-order valence-corrected chi connectivity index (χ0v) is 13.3. The van der Waals surface area contributed by atoms with E-state index >= 15 is 0 Å². The van der Waals surface area contributed by atoms with Crippen molar-refractivity contribution in [1.29, 1.82) is 0 Å². The molecule has 1 N–H and O–H groups in total. The molecule has 0 radical (unpaired) electrons. The molecule has 0 saturated carbocycles. The smallest absolute Gasteiger partial charge is 0.227 e. The summed E-state index contributed by atoms with van der Waals surface area (Å²) in [5.41, 5.74) is 3.26. The SMILES string of the molecule is Cc1ccc(N2C[C@H](C(=O)NCC(C)C)CC2=O)cc1C. The molecule has 1 saturated heterocycles. The van der Waals surface area contributed by atoms with Crippen molar-refractivity contribution in [2.45, 2.75) is 34.1 Å². The molecule has 114 valence electrons. The summed E-state index contributed by atoms with van der Waals surface area (Å²) < 4.78 is 0. The van der Waals surface area contributed by atoms with E-state index in [-0.39, 0.29) is 17.7 Å². The molecule has 1 heterocycles. The summed E-state index contributed by atoms with van der Waals surface area (Å²) in [6, 6.07) is 5.99. The summed E-state index contributed by atoms with van der Waals surface area (Å²) in [4.78, 5) is 26.0. The van der Waals surface area contributed by atoms with Gasteiger partial charge in [-0.2, -0.15) is 0 Å². The van der Waals surface area contributed by atoms with E-state index in [1.807, 2.05) is 32.0 Å². The van der Waals surface area contributed by atoms with Gasteiger partial charge in [-0.15, -0.1) is 0 Å². The summed E-state index contributed by atoms with van der Waals surface area (Å²) in [5, 5.41) is 2.92. The number of nitrogens with zero attached hydrogens (tertiary/aromatic N) is 1. The number of carbonyl (C=O) groups excluding carboxylic acids is 2. The van der Waals surface area contributed by atoms with Crippen LogP contribution in [0.5, 0.6) is 0 Å². The van der Waals surface area contributed by atoms with E-state index in [0.29, 0.717) is 25.4 Å². The lowest BCUT2D eigenvalue weighted by Crippen LogP contribution is -2.35. The summed E-state index contributed by atoms with van der Waals surface area (Å²) in [5.74, 6) is 0.200. The Bertz CT molecular complexity index is 552. The second-order valence-electron chi connectivity index (χ2n) is 6.31. The van der Waals surface area contributed by atoms with Gasteiger partial charge in [-0.3, -0.25) is 9.59 Å². The van der Waals surface area contributed by atoms with E-state index in [1.54, 1.807) is 4.90 Å². The van der Waals surface area contributed by atoms with Gasteiger partial charge in [-0.1, -0.05) is 19.9 Å². The topological polar surface area (TPSA) is 49.4 Å². The predicted molar refractivity (Wildman–Crippen MR) is 84.2 cm³/mol. The maximum Gasteiger partial charge on any atom is 0.227 e. The van der Waals surface area contributed by atoms with Crippen LogP contribution in [0.1, 0.15) is 31.4 Å². The number of benzene rings is 1. The summed E-state index contributed by atoms with van der Waals surface area (Å²) in [6.45, 7) is 9.33. The van der Waals surface area contributed by atoms with Gasteiger partial charge in [0.25, 0.3) is 0 Å². The Morgan fingerprint density at radius 1 is 1.33 bits per heavy atom. The number of carbonyl (C=O) groups is 2. The first kappa shape index (κ1) is 15.5. The minimum absolute atomic E-state index is 0.0108. The standard InChI is InChI=1S/C17H24N2O2/c1-11(2)9-18-17(21)14-8-16(20)19(10-14)15-6-5-12(3)13(4)7-15/h5-7,11,14H,8-10H2,1-4H3,(H,18,21)/t14-/m1/s1. The third-order valence-electron chi connectivity index (χ3n) is 3.98. The molecule has 21 heavy (non-hydrogen) atoms. The van der Waals surface area contributed by atoms with Gasteiger partial charge in [0.05, 0.1) is 5.92 Å². The van der Waals surface area contributed by atoms with Gasteiger partial charge in [0.15, 0.2) is 0 Å². The van der Waals surface area contributed by atoms with Gasteiger partial charge in [0, 0.05) is 25.2 Å². The van der Waals surface area contributed by atoms with E-state index in [9.17, 15) is 9.59 Å². The van der Waals surface area contributed by atoms with Crippen molar-refractivity contribution < 1.29 is 9.59 Å². The van der Waals surface area contributed by atoms with Gasteiger partial charge < -0.3 is 10.2 Å². The van der Waals surface area contributed by atoms with Crippen LogP contribution >= 0.6 is 0 Å². The minimum Gasteiger partial charge on any atom is -0.356 e. The predicted octanol–water partition coefficient (Wildman–Crippen LogP) is 2.43. The van der Waals surface area contributed by atoms with E-state index in [4.69, 9.17) is 0 Å². The van der Waals surface area contributed by atoms with Gasteiger partial charge in [0.1, 0.15) is 0 Å². The number of rotatable bonds is 4. The second-order valence-corrected chi connectivity index (χ2v) is 6.31. The lowest BCUT2D eigenvalue weighted by Gasteiger charge is -2.18. The molecule has 4 heteroatoms. The fourth-order valence-electron chi connectivity index (χ4n) is 2.48. The zero-order valence-electron chi connectivity index (χ0n) is 13.3. The van der Waals surface area contributed by atoms with Crippen molar-refractivity contribution >= 4 is 17.5 Å². The Labute approximate surface area is 126 Å². The van der Waals surface area contributed by atoms with Crippen LogP contribution in [0.15, 0.2) is 18.2 Å². The van der Waals surface area contributed by atoms with Crippen LogP contribution in [0.2, 0.25) is 0 Å². The number of anilines is 1. The number of amides is 2. The van der Waals surface area contributed by atoms with Gasteiger partial charge >= 0.3 is 0 Å². The summed E-state index contributed by atoms with van der Waals surface area (Å²) in [6.07, 6.45) is 0.302. The average Bonchev–Trinajstić information content (AvgIpc) is 2.81. The first-order valence-corrected chi connectivity index (χ1v) is 7.53. The highest BCUT2D eigenvalue weighted by Crippen LogP contribution is 2.26. The molecular weight excluding hydrogens is 264 g/mol. The third-order valence-corrected chi connectivity index (χ3v) is 3.98. The van der Waals surface area contributed by atoms with Crippen LogP contribution in [-0.2, 0) is 9.59 Å². The lowest BCUT2D eigenvalue weighted by atomic mass is 10.1. The molecule has 2 amide bonds. The second kappa shape index (κ2) is 6.29. The first-order chi connectivity index (χ1) is 9.88. The van der Waals surface area contributed by atoms with Crippen molar-refractivity contribution in [3.63, 3.8) is 0 Å². The Morgan fingerprint density at radius 3 is 2.67 bits per heavy atom. The highest BCUT2D eigenvalue weighted by Gasteiger charge is 2.35. The lowest BCUT2D eigenvalue weighted by molar-refractivity contribution is -0.126. The molecule has 1 aliphatic rings. The molecular formula is C17H24N2O2. The van der Waals surface area contributed by atoms with Crippen molar-refractivity contribution in [2.75, 3.05) is 18.0 Å². The fourth-order valence-corrected chi connectivity index (χ4v) is 2.48. The average molecular weight is 288 g/mol. The van der Waals surface area contributed by atoms with Crippen LogP contribution in [0, 0.1) is 25.7 Å². The van der Waals surface area contributed by atoms with Crippen molar-refractivity contribution in [2.24, 2.45) is 11.8 Å². The zero-order chi connectivity index (χ0) is 15.6. The molecule has 0 bridgehead atoms. The molecule has 1 fully saturated rings. The molecule has 1 atom stereocenters. The summed E-state index contributed by atoms with van der Waals surface area (Å²) >= 11 is 0. The van der Waals surface area contributed by atoms with Gasteiger partial charge in [-0.05, 0) is 43.0 Å². The molecule has 0 aliphatic carbocycles. The molecule has 1 aliphatic heterocycles. The fraction of sp³-hybridized carbons (Fsp3) is 0.529. The van der Waals surface area contributed by atoms with Gasteiger partial charge in [0.2, 0.25) is 11.8 Å². The molecule has 1 aromatic carbocycles. The normalized spacial score (nSPS) is 18.4. The number of hydrogen-bond donors (Lipinski definition) is 1. The molecule has 0 spiro atoms. The number of aryl methyl sites for hydroxylation is 2. The third kappa shape index (κ3) is 3.63. The van der Waals surface area contributed by atoms with E-state index < -0.39 is 0 Å². The van der Waals surface area contributed by atoms with Crippen LogP contribution in [0.3, 0.4) is 0 Å². The van der Waals surface area contributed by atoms with Crippen molar-refractivity contribution in [3.8, 4) is 0 Å². The van der Waals surface area contributed by atoms with Crippen LogP contribution in [0.25, 0.3) is 0 Å². The van der Waals surface area contributed by atoms with E-state index in [2.05, 4.69) is 19.2 Å². The van der Waals surface area contributed by atoms with Crippen LogP contribution in [0.4, 0.5) is 5.69 Å². The Morgan fingerprint density at radius 2 is 2.05 bits per heavy atom. The monoisotopic (exact) mass is 288 g/mol. The maximum absolute atomic E-state index is 12.2. The highest BCUT2D eigenvalue weighted by atomic mass is 16.2. The van der Waals surface area contributed by atoms with Crippen molar-refractivity contribution in [1.82, 2.24) is 5.32 Å². The van der Waals surface area contributed by atoms with E-state index in [1.165, 1.54) is 5.56 Å². The first-order valence-electron chi connectivity index (χ1n) is 7.53. The Hall–Kier alpha value is -1.84. The largest absolute Gasteiger partial charge is 0.356 e. The Kier molecular flexibility index (Phi) is 4.66. The Balaban J connectivity index is 2.05. The maximum atomic E-state index is 12.2. The molecule has 4 nitrogen and oxygen atoms in total. The highest BCUT2D eigenvalue weighted by molar-refractivity contribution is 6.00. The molecule has 1 aromatic rings. The van der Waals surface area contributed by atoms with Crippen LogP contribution in [-0.4, -0.2) is 24.9 Å². The number of nitrogens with one attached hydrogen (secondary N) is 1. The minimum atomic E-state index is -0.238. The summed E-state index contributed by atoms with van der Waals surface area (Å²) in [7, 11) is 0. The molecule has 0 unspecified atom stereocenters. The van der Waals surface area contributed by atoms with Crippen LogP contribution < -0.4 is 10.2 Å². The van der Waals surface area contributed by atoms with Gasteiger partial charge in [-0.25, -0.2) is 0 Å². The number of hydrogen-bond acceptors (Lipinski definition) is 2. The van der Waals surface area contributed by atoms with Crippen molar-refractivity contribution in [3.05, 3.63) is 29.3 Å². The molecule has 2 rings (SSSR count). The quantitative estimate of drug-likeness (QED) is 0.925.